The van der Waals surface area contributed by atoms with Gasteiger partial charge in [0.25, 0.3) is 5.56 Å². The molecule has 4 N–H and O–H groups in total. The number of aryl methyl sites for hydroxylation is 1. The number of rotatable bonds is 6. The Morgan fingerprint density at radius 3 is 2.94 bits per heavy atom. The molecule has 4 aromatic rings. The summed E-state index contributed by atoms with van der Waals surface area (Å²) in [6.07, 6.45) is 4.18. The van der Waals surface area contributed by atoms with Gasteiger partial charge in [0.15, 0.2) is 0 Å². The predicted octanol–water partition coefficient (Wildman–Crippen LogP) is 2.63. The average Bonchev–Trinajstić information content (AvgIpc) is 3.45. The molecule has 0 fully saturated rings. The molecule has 0 amide bonds. The van der Waals surface area contributed by atoms with Gasteiger partial charge in [-0.2, -0.15) is 0 Å². The van der Waals surface area contributed by atoms with E-state index in [1.807, 2.05) is 37.3 Å². The summed E-state index contributed by atoms with van der Waals surface area (Å²) >= 11 is 0. The zero-order valence-corrected chi connectivity index (χ0v) is 17.2. The summed E-state index contributed by atoms with van der Waals surface area (Å²) in [6.45, 7) is 4.32. The first-order valence-electron chi connectivity index (χ1n) is 10.3. The van der Waals surface area contributed by atoms with Gasteiger partial charge in [0, 0.05) is 43.2 Å². The quantitative estimate of drug-likeness (QED) is 0.388. The van der Waals surface area contributed by atoms with Crippen LogP contribution >= 0.6 is 0 Å². The molecular formula is C23H23N7O. The van der Waals surface area contributed by atoms with Gasteiger partial charge in [0.2, 0.25) is 0 Å². The zero-order valence-electron chi connectivity index (χ0n) is 17.2. The van der Waals surface area contributed by atoms with Crippen molar-refractivity contribution in [1.29, 1.82) is 0 Å². The first kappa shape index (κ1) is 19.0. The van der Waals surface area contributed by atoms with Crippen LogP contribution in [0.2, 0.25) is 0 Å². The molecule has 3 aromatic heterocycles. The fraction of sp³-hybridized carbons (Fsp3) is 0.217. The smallest absolute Gasteiger partial charge is 0.261 e. The maximum absolute atomic E-state index is 12.7. The number of aliphatic imine (C=N–C) groups is 1. The van der Waals surface area contributed by atoms with Crippen molar-refractivity contribution in [2.24, 2.45) is 4.99 Å². The number of aromatic nitrogens is 4. The standard InChI is InChI=1S/C23H23N7O/c1-14-12-15(21-26-10-11-27-21)13-18-20(14)30-22(29-18)19-17(6-9-28-23(19)31)25-8-5-16-4-2-3-7-24-16/h2-4,6-7,9,12-13H,5,8,10-11H2,1H3,(H,26,27)(H,29,30)(H2,25,28,31). The van der Waals surface area contributed by atoms with E-state index in [9.17, 15) is 4.79 Å². The molecule has 8 heteroatoms. The molecule has 4 heterocycles. The van der Waals surface area contributed by atoms with Crippen molar-refractivity contribution in [2.75, 3.05) is 25.0 Å². The van der Waals surface area contributed by atoms with Crippen LogP contribution in [0, 0.1) is 6.92 Å². The highest BCUT2D eigenvalue weighted by Gasteiger charge is 2.17. The second-order valence-corrected chi connectivity index (χ2v) is 7.53. The van der Waals surface area contributed by atoms with Gasteiger partial charge in [-0.3, -0.25) is 14.8 Å². The molecule has 31 heavy (non-hydrogen) atoms. The van der Waals surface area contributed by atoms with Crippen LogP contribution in [-0.2, 0) is 6.42 Å². The Morgan fingerprint density at radius 2 is 2.13 bits per heavy atom. The maximum atomic E-state index is 12.7. The van der Waals surface area contributed by atoms with Crippen LogP contribution in [-0.4, -0.2) is 45.4 Å². The summed E-state index contributed by atoms with van der Waals surface area (Å²) in [6, 6.07) is 11.8. The minimum atomic E-state index is -0.193. The molecule has 0 unspecified atom stereocenters. The van der Waals surface area contributed by atoms with Gasteiger partial charge in [-0.05, 0) is 42.8 Å². The Hall–Kier alpha value is -3.94. The van der Waals surface area contributed by atoms with Gasteiger partial charge < -0.3 is 20.6 Å². The van der Waals surface area contributed by atoms with Crippen molar-refractivity contribution >= 4 is 22.6 Å². The number of anilines is 1. The van der Waals surface area contributed by atoms with Crippen molar-refractivity contribution in [3.8, 4) is 11.4 Å². The van der Waals surface area contributed by atoms with E-state index in [-0.39, 0.29) is 5.56 Å². The lowest BCUT2D eigenvalue weighted by Gasteiger charge is -2.09. The third kappa shape index (κ3) is 3.79. The summed E-state index contributed by atoms with van der Waals surface area (Å²) in [5.74, 6) is 1.44. The van der Waals surface area contributed by atoms with Gasteiger partial charge in [-0.1, -0.05) is 6.07 Å². The van der Waals surface area contributed by atoms with E-state index in [2.05, 4.69) is 36.6 Å². The Morgan fingerprint density at radius 1 is 1.19 bits per heavy atom. The second kappa shape index (κ2) is 8.06. The number of fused-ring (bicyclic) bond motifs is 1. The minimum absolute atomic E-state index is 0.193. The van der Waals surface area contributed by atoms with Crippen molar-refractivity contribution in [3.05, 3.63) is 76.0 Å². The topological polar surface area (TPSA) is 111 Å². The molecule has 5 rings (SSSR count). The molecule has 0 saturated heterocycles. The van der Waals surface area contributed by atoms with E-state index < -0.39 is 0 Å². The Kier molecular flexibility index (Phi) is 4.95. The molecule has 0 saturated carbocycles. The van der Waals surface area contributed by atoms with Gasteiger partial charge in [-0.15, -0.1) is 0 Å². The second-order valence-electron chi connectivity index (χ2n) is 7.53. The van der Waals surface area contributed by atoms with Crippen LogP contribution in [0.25, 0.3) is 22.4 Å². The van der Waals surface area contributed by atoms with Crippen LogP contribution in [0.5, 0.6) is 0 Å². The van der Waals surface area contributed by atoms with E-state index in [1.54, 1.807) is 12.4 Å². The van der Waals surface area contributed by atoms with E-state index >= 15 is 0 Å². The molecule has 0 atom stereocenters. The van der Waals surface area contributed by atoms with Crippen LogP contribution in [0.3, 0.4) is 0 Å². The van der Waals surface area contributed by atoms with Crippen molar-refractivity contribution in [3.63, 3.8) is 0 Å². The molecule has 0 radical (unpaired) electrons. The van der Waals surface area contributed by atoms with Crippen LogP contribution in [0.15, 0.2) is 58.6 Å². The lowest BCUT2D eigenvalue weighted by Crippen LogP contribution is -2.19. The van der Waals surface area contributed by atoms with E-state index in [1.165, 1.54) is 0 Å². The molecule has 156 valence electrons. The van der Waals surface area contributed by atoms with E-state index in [4.69, 9.17) is 4.98 Å². The molecule has 8 nitrogen and oxygen atoms in total. The number of nitrogens with one attached hydrogen (secondary N) is 4. The molecule has 0 spiro atoms. The van der Waals surface area contributed by atoms with Gasteiger partial charge in [0.1, 0.15) is 17.2 Å². The van der Waals surface area contributed by atoms with Gasteiger partial charge >= 0.3 is 0 Å². The van der Waals surface area contributed by atoms with Crippen LogP contribution in [0.1, 0.15) is 16.8 Å². The Bertz CT molecular complexity index is 1320. The van der Waals surface area contributed by atoms with Gasteiger partial charge in [0.05, 0.1) is 23.3 Å². The monoisotopic (exact) mass is 413 g/mol. The number of imidazole rings is 1. The number of aromatic amines is 2. The zero-order chi connectivity index (χ0) is 21.2. The third-order valence-electron chi connectivity index (χ3n) is 5.35. The highest BCUT2D eigenvalue weighted by Crippen LogP contribution is 2.26. The number of pyridine rings is 2. The summed E-state index contributed by atoms with van der Waals surface area (Å²) in [5.41, 5.74) is 5.81. The number of hydrogen-bond donors (Lipinski definition) is 4. The first-order chi connectivity index (χ1) is 15.2. The molecule has 0 bridgehead atoms. The lowest BCUT2D eigenvalue weighted by atomic mass is 10.1. The molecule has 1 aliphatic heterocycles. The molecule has 0 aliphatic carbocycles. The Labute approximate surface area is 178 Å². The number of hydrogen-bond acceptors (Lipinski definition) is 6. The van der Waals surface area contributed by atoms with Crippen molar-refractivity contribution in [1.82, 2.24) is 25.3 Å². The summed E-state index contributed by atoms with van der Waals surface area (Å²) in [5, 5.41) is 6.67. The number of H-pyrrole nitrogens is 2. The fourth-order valence-electron chi connectivity index (χ4n) is 3.87. The highest BCUT2D eigenvalue weighted by atomic mass is 16.1. The third-order valence-corrected chi connectivity index (χ3v) is 5.35. The normalized spacial score (nSPS) is 13.3. The lowest BCUT2D eigenvalue weighted by molar-refractivity contribution is 0.960. The predicted molar refractivity (Wildman–Crippen MR) is 123 cm³/mol. The summed E-state index contributed by atoms with van der Waals surface area (Å²) < 4.78 is 0. The number of amidine groups is 1. The largest absolute Gasteiger partial charge is 0.384 e. The SMILES string of the molecule is Cc1cc(C2=NCCN2)cc2[nH]c(-c3c(NCCc4ccccn4)cc[nH]c3=O)nc12. The first-order valence-corrected chi connectivity index (χ1v) is 10.3. The van der Waals surface area contributed by atoms with Crippen LogP contribution < -0.4 is 16.2 Å². The molecule has 1 aliphatic rings. The summed E-state index contributed by atoms with van der Waals surface area (Å²) in [4.78, 5) is 32.4. The van der Waals surface area contributed by atoms with E-state index in [0.29, 0.717) is 17.9 Å². The van der Waals surface area contributed by atoms with Crippen molar-refractivity contribution in [2.45, 2.75) is 13.3 Å². The number of benzene rings is 1. The maximum Gasteiger partial charge on any atom is 0.261 e. The number of nitrogens with zero attached hydrogens (tertiary/aromatic N) is 3. The highest BCUT2D eigenvalue weighted by molar-refractivity contribution is 6.03. The minimum Gasteiger partial charge on any atom is -0.384 e. The van der Waals surface area contributed by atoms with E-state index in [0.717, 1.165) is 58.9 Å². The van der Waals surface area contributed by atoms with Gasteiger partial charge in [-0.25, -0.2) is 4.98 Å². The summed E-state index contributed by atoms with van der Waals surface area (Å²) in [7, 11) is 0. The molecule has 1 aromatic carbocycles. The average molecular weight is 413 g/mol. The molecular weight excluding hydrogens is 390 g/mol. The van der Waals surface area contributed by atoms with Crippen molar-refractivity contribution < 1.29 is 0 Å². The Balaban J connectivity index is 1.48. The fourth-order valence-corrected chi connectivity index (χ4v) is 3.87. The van der Waals surface area contributed by atoms with Crippen LogP contribution in [0.4, 0.5) is 5.69 Å².